The Kier molecular flexibility index (Phi) is 5.62. The summed E-state index contributed by atoms with van der Waals surface area (Å²) in [6.45, 7) is 1.46. The second kappa shape index (κ2) is 8.48. The topological polar surface area (TPSA) is 85.0 Å². The smallest absolute Gasteiger partial charge is 0.227 e. The zero-order valence-corrected chi connectivity index (χ0v) is 16.0. The van der Waals surface area contributed by atoms with Gasteiger partial charge in [-0.1, -0.05) is 35.0 Å². The highest BCUT2D eigenvalue weighted by Crippen LogP contribution is 2.23. The molecule has 28 heavy (non-hydrogen) atoms. The minimum atomic E-state index is 0.101. The molecule has 2 aromatic heterocycles. The van der Waals surface area contributed by atoms with Gasteiger partial charge in [-0.3, -0.25) is 9.78 Å². The summed E-state index contributed by atoms with van der Waals surface area (Å²) in [6.07, 6.45) is 7.75. The highest BCUT2D eigenvalue weighted by molar-refractivity contribution is 6.31. The number of nitrogens with zero attached hydrogens (tertiary/aromatic N) is 5. The van der Waals surface area contributed by atoms with Crippen molar-refractivity contribution >= 4 is 17.5 Å². The summed E-state index contributed by atoms with van der Waals surface area (Å²) in [5.41, 5.74) is 1.44. The lowest BCUT2D eigenvalue weighted by molar-refractivity contribution is -0.132. The van der Waals surface area contributed by atoms with Crippen molar-refractivity contribution in [2.24, 2.45) is 5.92 Å². The summed E-state index contributed by atoms with van der Waals surface area (Å²) in [5, 5.41) is 4.62. The van der Waals surface area contributed by atoms with Crippen molar-refractivity contribution in [3.8, 4) is 11.5 Å². The Labute approximate surface area is 167 Å². The molecule has 0 aliphatic carbocycles. The number of hydrogen-bond acceptors (Lipinski definition) is 6. The highest BCUT2D eigenvalue weighted by atomic mass is 35.5. The van der Waals surface area contributed by atoms with Gasteiger partial charge in [-0.05, 0) is 30.4 Å². The average molecular weight is 398 g/mol. The van der Waals surface area contributed by atoms with Crippen LogP contribution in [0.15, 0.2) is 47.4 Å². The van der Waals surface area contributed by atoms with Gasteiger partial charge in [0.15, 0.2) is 0 Å². The molecule has 1 amide bonds. The number of benzene rings is 1. The van der Waals surface area contributed by atoms with Gasteiger partial charge in [0.25, 0.3) is 0 Å². The summed E-state index contributed by atoms with van der Waals surface area (Å²) in [4.78, 5) is 27.2. The minimum absolute atomic E-state index is 0.101. The molecule has 8 heteroatoms. The first kappa shape index (κ1) is 18.6. The van der Waals surface area contributed by atoms with E-state index in [0.717, 1.165) is 24.9 Å². The largest absolute Gasteiger partial charge is 0.342 e. The molecule has 1 unspecified atom stereocenters. The third-order valence-electron chi connectivity index (χ3n) is 4.89. The molecule has 0 N–H and O–H groups in total. The predicted molar refractivity (Wildman–Crippen MR) is 103 cm³/mol. The second-order valence-electron chi connectivity index (χ2n) is 6.92. The maximum Gasteiger partial charge on any atom is 0.227 e. The molecule has 0 bridgehead atoms. The van der Waals surface area contributed by atoms with Crippen LogP contribution in [-0.4, -0.2) is 44.0 Å². The lowest BCUT2D eigenvalue weighted by Crippen LogP contribution is -2.41. The number of amides is 1. The van der Waals surface area contributed by atoms with Gasteiger partial charge in [0.2, 0.25) is 17.6 Å². The number of carbonyl (C=O) groups is 1. The lowest BCUT2D eigenvalue weighted by Gasteiger charge is -2.32. The Bertz CT molecular complexity index is 947. The van der Waals surface area contributed by atoms with Gasteiger partial charge in [-0.25, -0.2) is 4.98 Å². The summed E-state index contributed by atoms with van der Waals surface area (Å²) in [5.74, 6) is 1.39. The van der Waals surface area contributed by atoms with Gasteiger partial charge in [0.1, 0.15) is 5.69 Å². The zero-order valence-electron chi connectivity index (χ0n) is 15.3. The van der Waals surface area contributed by atoms with Crippen molar-refractivity contribution in [3.63, 3.8) is 0 Å². The predicted octanol–water partition coefficient (Wildman–Crippen LogP) is 3.20. The van der Waals surface area contributed by atoms with E-state index in [-0.39, 0.29) is 5.91 Å². The van der Waals surface area contributed by atoms with Crippen LogP contribution in [0.25, 0.3) is 11.5 Å². The van der Waals surface area contributed by atoms with E-state index in [1.165, 1.54) is 0 Å². The van der Waals surface area contributed by atoms with Gasteiger partial charge >= 0.3 is 0 Å². The van der Waals surface area contributed by atoms with Crippen molar-refractivity contribution in [2.75, 3.05) is 13.1 Å². The lowest BCUT2D eigenvalue weighted by atomic mass is 9.94. The monoisotopic (exact) mass is 397 g/mol. The molecule has 3 aromatic rings. The molecule has 1 aliphatic rings. The van der Waals surface area contributed by atoms with Crippen molar-refractivity contribution < 1.29 is 9.32 Å². The summed E-state index contributed by atoms with van der Waals surface area (Å²) in [6, 6.07) is 7.48. The normalized spacial score (nSPS) is 16.9. The van der Waals surface area contributed by atoms with Crippen LogP contribution in [0, 0.1) is 5.92 Å². The standard InChI is InChI=1S/C20H20ClN5O2/c21-16-6-2-1-5-15(16)11-19(27)26-9-3-4-14(13-26)10-18-24-20(25-28-18)17-12-22-7-8-23-17/h1-2,5-8,12,14H,3-4,9-11,13H2. The van der Waals surface area contributed by atoms with Gasteiger partial charge in [-0.15, -0.1) is 0 Å². The van der Waals surface area contributed by atoms with E-state index in [4.69, 9.17) is 16.1 Å². The van der Waals surface area contributed by atoms with E-state index in [2.05, 4.69) is 20.1 Å². The van der Waals surface area contributed by atoms with Crippen LogP contribution in [0.2, 0.25) is 5.02 Å². The van der Waals surface area contributed by atoms with Crippen LogP contribution in [0.4, 0.5) is 0 Å². The van der Waals surface area contributed by atoms with Gasteiger partial charge in [-0.2, -0.15) is 4.98 Å². The molecule has 3 heterocycles. The van der Waals surface area contributed by atoms with Crippen molar-refractivity contribution in [1.29, 1.82) is 0 Å². The Morgan fingerprint density at radius 2 is 2.18 bits per heavy atom. The first-order valence-corrected chi connectivity index (χ1v) is 9.67. The molecule has 0 spiro atoms. The number of rotatable bonds is 5. The maximum absolute atomic E-state index is 12.7. The molecule has 144 valence electrons. The highest BCUT2D eigenvalue weighted by Gasteiger charge is 2.26. The van der Waals surface area contributed by atoms with Crippen LogP contribution in [0.3, 0.4) is 0 Å². The molecule has 0 radical (unpaired) electrons. The summed E-state index contributed by atoms with van der Waals surface area (Å²) < 4.78 is 5.38. The number of likely N-dealkylation sites (tertiary alicyclic amines) is 1. The molecule has 1 atom stereocenters. The van der Waals surface area contributed by atoms with Crippen LogP contribution < -0.4 is 0 Å². The van der Waals surface area contributed by atoms with E-state index in [9.17, 15) is 4.79 Å². The number of hydrogen-bond donors (Lipinski definition) is 0. The molecule has 7 nitrogen and oxygen atoms in total. The molecular formula is C20H20ClN5O2. The summed E-state index contributed by atoms with van der Waals surface area (Å²) in [7, 11) is 0. The van der Waals surface area contributed by atoms with Crippen LogP contribution in [0.5, 0.6) is 0 Å². The third kappa shape index (κ3) is 4.36. The van der Waals surface area contributed by atoms with Crippen molar-refractivity contribution in [2.45, 2.75) is 25.7 Å². The second-order valence-corrected chi connectivity index (χ2v) is 7.33. The van der Waals surface area contributed by atoms with E-state index in [1.807, 2.05) is 29.2 Å². The fourth-order valence-electron chi connectivity index (χ4n) is 3.48. The molecule has 1 aliphatic heterocycles. The van der Waals surface area contributed by atoms with E-state index in [0.29, 0.717) is 47.7 Å². The minimum Gasteiger partial charge on any atom is -0.342 e. The van der Waals surface area contributed by atoms with Gasteiger partial charge in [0, 0.05) is 36.9 Å². The SMILES string of the molecule is O=C(Cc1ccccc1Cl)N1CCCC(Cc2nc(-c3cnccn3)no2)C1. The Morgan fingerprint density at radius 3 is 3.00 bits per heavy atom. The van der Waals surface area contributed by atoms with Crippen molar-refractivity contribution in [1.82, 2.24) is 25.0 Å². The fraction of sp³-hybridized carbons (Fsp3) is 0.350. The number of halogens is 1. The average Bonchev–Trinajstić information content (AvgIpc) is 3.19. The maximum atomic E-state index is 12.7. The van der Waals surface area contributed by atoms with E-state index >= 15 is 0 Å². The first-order chi connectivity index (χ1) is 13.7. The molecule has 1 saturated heterocycles. The number of aromatic nitrogens is 4. The fourth-order valence-corrected chi connectivity index (χ4v) is 3.68. The first-order valence-electron chi connectivity index (χ1n) is 9.29. The number of carbonyl (C=O) groups excluding carboxylic acids is 1. The Morgan fingerprint density at radius 1 is 1.29 bits per heavy atom. The zero-order chi connectivity index (χ0) is 19.3. The molecule has 0 saturated carbocycles. The van der Waals surface area contributed by atoms with Crippen LogP contribution in [0.1, 0.15) is 24.3 Å². The molecule has 4 rings (SSSR count). The summed E-state index contributed by atoms with van der Waals surface area (Å²) >= 11 is 6.19. The molecule has 1 fully saturated rings. The molecule has 1 aromatic carbocycles. The number of piperidine rings is 1. The van der Waals surface area contributed by atoms with E-state index < -0.39 is 0 Å². The van der Waals surface area contributed by atoms with Crippen LogP contribution in [-0.2, 0) is 17.6 Å². The Balaban J connectivity index is 1.37. The van der Waals surface area contributed by atoms with E-state index in [1.54, 1.807) is 18.6 Å². The quantitative estimate of drug-likeness (QED) is 0.657. The third-order valence-corrected chi connectivity index (χ3v) is 5.26. The molecular weight excluding hydrogens is 378 g/mol. The van der Waals surface area contributed by atoms with Crippen LogP contribution >= 0.6 is 11.6 Å². The van der Waals surface area contributed by atoms with Crippen molar-refractivity contribution in [3.05, 3.63) is 59.3 Å². The van der Waals surface area contributed by atoms with Gasteiger partial charge < -0.3 is 9.42 Å². The Hall–Kier alpha value is -2.80. The van der Waals surface area contributed by atoms with Gasteiger partial charge in [0.05, 0.1) is 12.6 Å².